The van der Waals surface area contributed by atoms with Crippen LogP contribution in [0.2, 0.25) is 0 Å². The highest BCUT2D eigenvalue weighted by Crippen LogP contribution is 1.98. The molecule has 0 aromatic carbocycles. The number of aliphatic hydroxyl groups excluding tert-OH is 1. The van der Waals surface area contributed by atoms with Crippen molar-refractivity contribution in [2.24, 2.45) is 0 Å². The number of carbonyl (C=O) groups is 1. The Labute approximate surface area is 79.4 Å². The smallest absolute Gasteiger partial charge is 0.302 e. The van der Waals surface area contributed by atoms with Crippen molar-refractivity contribution < 1.29 is 14.6 Å². The molecule has 0 fully saturated rings. The summed E-state index contributed by atoms with van der Waals surface area (Å²) in [5, 5.41) is 8.87. The number of allylic oxidation sites excluding steroid dienone is 1. The van der Waals surface area contributed by atoms with Gasteiger partial charge in [0.15, 0.2) is 0 Å². The van der Waals surface area contributed by atoms with Crippen molar-refractivity contribution in [3.63, 3.8) is 0 Å². The Morgan fingerprint density at radius 2 is 2.23 bits per heavy atom. The van der Waals surface area contributed by atoms with Crippen LogP contribution in [-0.2, 0) is 9.53 Å². The molecule has 13 heavy (non-hydrogen) atoms. The van der Waals surface area contributed by atoms with Gasteiger partial charge in [0.1, 0.15) is 0 Å². The second-order valence-electron chi connectivity index (χ2n) is 3.00. The molecule has 0 heterocycles. The van der Waals surface area contributed by atoms with E-state index in [0.29, 0.717) is 6.61 Å². The van der Waals surface area contributed by atoms with E-state index in [1.807, 2.05) is 6.08 Å². The van der Waals surface area contributed by atoms with E-state index in [-0.39, 0.29) is 12.1 Å². The van der Waals surface area contributed by atoms with E-state index < -0.39 is 0 Å². The Hall–Kier alpha value is -0.830. The number of ether oxygens (including phenoxy) is 1. The van der Waals surface area contributed by atoms with E-state index in [0.717, 1.165) is 19.3 Å². The maximum Gasteiger partial charge on any atom is 0.302 e. The minimum atomic E-state index is -0.367. The highest BCUT2D eigenvalue weighted by molar-refractivity contribution is 5.65. The summed E-state index contributed by atoms with van der Waals surface area (Å²) in [7, 11) is 0. The van der Waals surface area contributed by atoms with Crippen LogP contribution in [-0.4, -0.2) is 23.8 Å². The Balaban J connectivity index is 3.12. The van der Waals surface area contributed by atoms with Gasteiger partial charge in [-0.3, -0.25) is 4.79 Å². The second-order valence-corrected chi connectivity index (χ2v) is 3.00. The fourth-order valence-corrected chi connectivity index (χ4v) is 0.873. The van der Waals surface area contributed by atoms with Gasteiger partial charge in [-0.25, -0.2) is 0 Å². The number of unbranched alkanes of at least 4 members (excludes halogenated alkanes) is 2. The lowest BCUT2D eigenvalue weighted by molar-refractivity contribution is -0.141. The van der Waals surface area contributed by atoms with Gasteiger partial charge in [0.05, 0.1) is 12.7 Å². The van der Waals surface area contributed by atoms with E-state index in [2.05, 4.69) is 0 Å². The van der Waals surface area contributed by atoms with Gasteiger partial charge >= 0.3 is 5.97 Å². The lowest BCUT2D eigenvalue weighted by Gasteiger charge is -1.99. The molecule has 0 aromatic rings. The first-order valence-electron chi connectivity index (χ1n) is 4.61. The molecule has 0 saturated heterocycles. The monoisotopic (exact) mass is 186 g/mol. The summed E-state index contributed by atoms with van der Waals surface area (Å²) in [6.07, 6.45) is 6.12. The standard InChI is InChI=1S/C10H18O3/c1-9(11)7-5-3-4-6-8-13-10(2)12/h5,7,9,11H,3-4,6,8H2,1-2H3/b7-5-. The maximum atomic E-state index is 10.4. The second kappa shape index (κ2) is 7.80. The Morgan fingerprint density at radius 1 is 1.54 bits per heavy atom. The molecule has 1 N–H and O–H groups in total. The quantitative estimate of drug-likeness (QED) is 0.390. The molecule has 76 valence electrons. The van der Waals surface area contributed by atoms with Gasteiger partial charge in [-0.05, 0) is 26.2 Å². The van der Waals surface area contributed by atoms with Crippen molar-refractivity contribution in [1.29, 1.82) is 0 Å². The van der Waals surface area contributed by atoms with E-state index in [1.165, 1.54) is 6.92 Å². The summed E-state index contributed by atoms with van der Waals surface area (Å²) >= 11 is 0. The van der Waals surface area contributed by atoms with Crippen LogP contribution in [0, 0.1) is 0 Å². The van der Waals surface area contributed by atoms with Crippen molar-refractivity contribution >= 4 is 5.97 Å². The lowest BCUT2D eigenvalue weighted by atomic mass is 10.2. The van der Waals surface area contributed by atoms with Crippen LogP contribution in [0.3, 0.4) is 0 Å². The lowest BCUT2D eigenvalue weighted by Crippen LogP contribution is -1.99. The fraction of sp³-hybridized carbons (Fsp3) is 0.700. The van der Waals surface area contributed by atoms with E-state index >= 15 is 0 Å². The third kappa shape index (κ3) is 11.2. The number of hydrogen-bond acceptors (Lipinski definition) is 3. The summed E-state index contributed by atoms with van der Waals surface area (Å²) in [4.78, 5) is 10.4. The van der Waals surface area contributed by atoms with Gasteiger partial charge in [-0.2, -0.15) is 0 Å². The van der Waals surface area contributed by atoms with Gasteiger partial charge in [0.2, 0.25) is 0 Å². The van der Waals surface area contributed by atoms with Crippen LogP contribution in [0.5, 0.6) is 0 Å². The molecular weight excluding hydrogens is 168 g/mol. The first kappa shape index (κ1) is 12.2. The third-order valence-electron chi connectivity index (χ3n) is 1.49. The number of rotatable bonds is 6. The minimum absolute atomic E-state index is 0.223. The molecule has 0 aliphatic heterocycles. The van der Waals surface area contributed by atoms with E-state index in [1.54, 1.807) is 13.0 Å². The van der Waals surface area contributed by atoms with Crippen LogP contribution in [0.25, 0.3) is 0 Å². The maximum absolute atomic E-state index is 10.4. The van der Waals surface area contributed by atoms with Crippen LogP contribution < -0.4 is 0 Å². The number of carbonyl (C=O) groups excluding carboxylic acids is 1. The molecule has 0 amide bonds. The zero-order valence-electron chi connectivity index (χ0n) is 8.32. The zero-order chi connectivity index (χ0) is 10.1. The molecule has 0 bridgehead atoms. The Kier molecular flexibility index (Phi) is 7.30. The van der Waals surface area contributed by atoms with Gasteiger partial charge in [0, 0.05) is 6.92 Å². The molecule has 0 radical (unpaired) electrons. The van der Waals surface area contributed by atoms with Gasteiger partial charge in [-0.1, -0.05) is 12.2 Å². The summed E-state index contributed by atoms with van der Waals surface area (Å²) in [5.41, 5.74) is 0. The Bertz CT molecular complexity index is 162. The van der Waals surface area contributed by atoms with Crippen LogP contribution >= 0.6 is 0 Å². The highest BCUT2D eigenvalue weighted by Gasteiger charge is 1.91. The molecule has 3 nitrogen and oxygen atoms in total. The van der Waals surface area contributed by atoms with Crippen molar-refractivity contribution in [2.75, 3.05) is 6.61 Å². The third-order valence-corrected chi connectivity index (χ3v) is 1.49. The summed E-state index contributed by atoms with van der Waals surface area (Å²) in [6.45, 7) is 3.63. The molecule has 1 unspecified atom stereocenters. The van der Waals surface area contributed by atoms with Crippen LogP contribution in [0.1, 0.15) is 33.1 Å². The van der Waals surface area contributed by atoms with E-state index in [4.69, 9.17) is 9.84 Å². The molecule has 0 rings (SSSR count). The number of esters is 1. The van der Waals surface area contributed by atoms with Crippen molar-refractivity contribution in [3.05, 3.63) is 12.2 Å². The van der Waals surface area contributed by atoms with Gasteiger partial charge in [0.25, 0.3) is 0 Å². The molecule has 1 atom stereocenters. The topological polar surface area (TPSA) is 46.5 Å². The van der Waals surface area contributed by atoms with Gasteiger partial charge < -0.3 is 9.84 Å². The number of hydrogen-bond donors (Lipinski definition) is 1. The molecule has 0 aliphatic rings. The molecule has 0 aromatic heterocycles. The molecule has 0 saturated carbocycles. The predicted molar refractivity (Wildman–Crippen MR) is 51.3 cm³/mol. The van der Waals surface area contributed by atoms with Crippen molar-refractivity contribution in [1.82, 2.24) is 0 Å². The predicted octanol–water partition coefficient (Wildman–Crippen LogP) is 1.66. The SMILES string of the molecule is CC(=O)OCCCC/C=C\C(C)O. The first-order chi connectivity index (χ1) is 6.13. The highest BCUT2D eigenvalue weighted by atomic mass is 16.5. The van der Waals surface area contributed by atoms with Gasteiger partial charge in [-0.15, -0.1) is 0 Å². The normalized spacial score (nSPS) is 13.2. The average molecular weight is 186 g/mol. The zero-order valence-corrected chi connectivity index (χ0v) is 8.32. The molecular formula is C10H18O3. The summed E-state index contributed by atoms with van der Waals surface area (Å²) < 4.78 is 4.76. The van der Waals surface area contributed by atoms with Crippen LogP contribution in [0.4, 0.5) is 0 Å². The largest absolute Gasteiger partial charge is 0.466 e. The van der Waals surface area contributed by atoms with Crippen molar-refractivity contribution in [2.45, 2.75) is 39.2 Å². The fourth-order valence-electron chi connectivity index (χ4n) is 0.873. The minimum Gasteiger partial charge on any atom is -0.466 e. The molecule has 3 heteroatoms. The van der Waals surface area contributed by atoms with E-state index in [9.17, 15) is 4.79 Å². The summed E-state index contributed by atoms with van der Waals surface area (Å²) in [6, 6.07) is 0. The first-order valence-corrected chi connectivity index (χ1v) is 4.61. The van der Waals surface area contributed by atoms with Crippen molar-refractivity contribution in [3.8, 4) is 0 Å². The molecule has 0 aliphatic carbocycles. The summed E-state index contributed by atoms with van der Waals surface area (Å²) in [5.74, 6) is -0.223. The number of aliphatic hydroxyl groups is 1. The average Bonchev–Trinajstić information content (AvgIpc) is 2.01. The molecule has 0 spiro atoms. The van der Waals surface area contributed by atoms with Crippen LogP contribution in [0.15, 0.2) is 12.2 Å². The Morgan fingerprint density at radius 3 is 2.77 bits per heavy atom.